The number of ether oxygens (including phenoxy) is 2. The van der Waals surface area contributed by atoms with Gasteiger partial charge in [-0.2, -0.15) is 0 Å². The van der Waals surface area contributed by atoms with Gasteiger partial charge in [0.15, 0.2) is 5.11 Å². The van der Waals surface area contributed by atoms with E-state index in [1.54, 1.807) is 14.2 Å². The van der Waals surface area contributed by atoms with Crippen molar-refractivity contribution in [2.75, 3.05) is 47.9 Å². The highest BCUT2D eigenvalue weighted by molar-refractivity contribution is 7.80. The number of quaternary nitrogens is 1. The van der Waals surface area contributed by atoms with E-state index in [2.05, 4.69) is 19.4 Å². The molecule has 0 saturated heterocycles. The van der Waals surface area contributed by atoms with Gasteiger partial charge < -0.3 is 29.7 Å². The van der Waals surface area contributed by atoms with Gasteiger partial charge in [-0.3, -0.25) is 0 Å². The molecule has 0 radical (unpaired) electrons. The molecule has 0 spiro atoms. The Morgan fingerprint density at radius 3 is 2.62 bits per heavy atom. The molecule has 0 saturated carbocycles. The number of fused-ring (bicyclic) bond motifs is 1. The van der Waals surface area contributed by atoms with Crippen molar-refractivity contribution in [2.45, 2.75) is 19.1 Å². The first kappa shape index (κ1) is 18.8. The van der Waals surface area contributed by atoms with Gasteiger partial charge in [-0.25, -0.2) is 0 Å². The molecule has 0 bridgehead atoms. The van der Waals surface area contributed by atoms with E-state index in [4.69, 9.17) is 21.7 Å². The lowest BCUT2D eigenvalue weighted by Crippen LogP contribution is -3.05. The lowest BCUT2D eigenvalue weighted by molar-refractivity contribution is -0.858. The van der Waals surface area contributed by atoms with Crippen molar-refractivity contribution in [1.82, 2.24) is 10.2 Å². The van der Waals surface area contributed by atoms with E-state index in [-0.39, 0.29) is 0 Å². The minimum Gasteiger partial charge on any atom is -0.496 e. The van der Waals surface area contributed by atoms with Crippen LogP contribution in [0.3, 0.4) is 0 Å². The number of aliphatic hydroxyl groups excluding tert-OH is 1. The van der Waals surface area contributed by atoms with Gasteiger partial charge in [0, 0.05) is 30.6 Å². The van der Waals surface area contributed by atoms with E-state index in [0.717, 1.165) is 36.4 Å². The Hall–Kier alpha value is -1.57. The van der Waals surface area contributed by atoms with Crippen molar-refractivity contribution < 1.29 is 19.5 Å². The number of methoxy groups -OCH3 is 2. The van der Waals surface area contributed by atoms with Gasteiger partial charge in [-0.05, 0) is 24.4 Å². The van der Waals surface area contributed by atoms with E-state index in [9.17, 15) is 5.11 Å². The fourth-order valence-electron chi connectivity index (χ4n) is 2.98. The molecule has 24 heavy (non-hydrogen) atoms. The van der Waals surface area contributed by atoms with Crippen molar-refractivity contribution >= 4 is 17.3 Å². The molecule has 0 aromatic heterocycles. The zero-order chi connectivity index (χ0) is 17.7. The first-order chi connectivity index (χ1) is 11.5. The van der Waals surface area contributed by atoms with Crippen LogP contribution in [-0.2, 0) is 6.54 Å². The molecular formula is C17H28N3O3S+. The van der Waals surface area contributed by atoms with Gasteiger partial charge in [0.05, 0.1) is 41.4 Å². The molecule has 1 heterocycles. The quantitative estimate of drug-likeness (QED) is 0.492. The van der Waals surface area contributed by atoms with Crippen molar-refractivity contribution in [1.29, 1.82) is 0 Å². The Bertz CT molecular complexity index is 580. The second-order valence-corrected chi connectivity index (χ2v) is 6.69. The number of β-amino-alcohol motifs (C(OH)–C–C–N with tert-alkyl or cyclic N) is 1. The zero-order valence-electron chi connectivity index (χ0n) is 14.9. The Kier molecular flexibility index (Phi) is 6.65. The first-order valence-corrected chi connectivity index (χ1v) is 8.62. The fourth-order valence-corrected chi connectivity index (χ4v) is 3.22. The Morgan fingerprint density at radius 1 is 1.33 bits per heavy atom. The summed E-state index contributed by atoms with van der Waals surface area (Å²) in [5, 5.41) is 14.5. The Morgan fingerprint density at radius 2 is 2.00 bits per heavy atom. The topological polar surface area (TPSA) is 58.4 Å². The number of aliphatic hydroxyl groups is 1. The van der Waals surface area contributed by atoms with Crippen LogP contribution in [0.1, 0.15) is 23.7 Å². The van der Waals surface area contributed by atoms with E-state index >= 15 is 0 Å². The maximum Gasteiger partial charge on any atom is 0.169 e. The van der Waals surface area contributed by atoms with Crippen LogP contribution in [0.25, 0.3) is 0 Å². The van der Waals surface area contributed by atoms with Crippen LogP contribution in [0.5, 0.6) is 11.5 Å². The molecule has 7 heteroatoms. The van der Waals surface area contributed by atoms with Crippen molar-refractivity contribution in [3.05, 3.63) is 23.3 Å². The second kappa shape index (κ2) is 8.50. The summed E-state index contributed by atoms with van der Waals surface area (Å²) in [4.78, 5) is 3.40. The minimum atomic E-state index is -0.662. The SMILES string of the molecule is COc1ccc(OC)c2c1CN(C(=S)NCCC[NH+](C)C)C[C@@H]2O. The number of thiocarbonyl (C=S) groups is 1. The first-order valence-electron chi connectivity index (χ1n) is 8.21. The largest absolute Gasteiger partial charge is 0.496 e. The third-order valence-corrected chi connectivity index (χ3v) is 4.61. The third kappa shape index (κ3) is 4.28. The Labute approximate surface area is 149 Å². The monoisotopic (exact) mass is 354 g/mol. The standard InChI is InChI=1S/C17H27N3O3S/c1-19(2)9-5-8-18-17(24)20-10-12-14(22-3)6-7-15(23-4)16(12)13(21)11-20/h6-7,13,21H,5,8-11H2,1-4H3,(H,18,24)/p+1/t13-/m0/s1. The van der Waals surface area contributed by atoms with Crippen molar-refractivity contribution in [3.8, 4) is 11.5 Å². The van der Waals surface area contributed by atoms with Crippen LogP contribution in [0.4, 0.5) is 0 Å². The molecule has 1 aliphatic heterocycles. The van der Waals surface area contributed by atoms with Gasteiger partial charge in [0.2, 0.25) is 0 Å². The number of nitrogens with one attached hydrogen (secondary N) is 2. The van der Waals surface area contributed by atoms with Crippen molar-refractivity contribution in [3.63, 3.8) is 0 Å². The smallest absolute Gasteiger partial charge is 0.169 e. The van der Waals surface area contributed by atoms with E-state index < -0.39 is 6.10 Å². The molecule has 3 N–H and O–H groups in total. The van der Waals surface area contributed by atoms with Gasteiger partial charge in [0.1, 0.15) is 17.6 Å². The number of nitrogens with zero attached hydrogens (tertiary/aromatic N) is 1. The molecule has 0 amide bonds. The van der Waals surface area contributed by atoms with Crippen LogP contribution in [-0.4, -0.2) is 63.1 Å². The number of rotatable bonds is 6. The predicted molar refractivity (Wildman–Crippen MR) is 97.8 cm³/mol. The summed E-state index contributed by atoms with van der Waals surface area (Å²) < 4.78 is 10.8. The molecule has 0 fully saturated rings. The van der Waals surface area contributed by atoms with E-state index in [1.165, 1.54) is 4.90 Å². The van der Waals surface area contributed by atoms with Gasteiger partial charge >= 0.3 is 0 Å². The molecular weight excluding hydrogens is 326 g/mol. The Balaban J connectivity index is 2.09. The lowest BCUT2D eigenvalue weighted by atomic mass is 9.95. The maximum absolute atomic E-state index is 10.6. The van der Waals surface area contributed by atoms with Crippen LogP contribution in [0.15, 0.2) is 12.1 Å². The molecule has 134 valence electrons. The van der Waals surface area contributed by atoms with Gasteiger partial charge in [0.25, 0.3) is 0 Å². The van der Waals surface area contributed by atoms with Crippen LogP contribution in [0.2, 0.25) is 0 Å². The molecule has 1 aromatic carbocycles. The summed E-state index contributed by atoms with van der Waals surface area (Å²) in [5.41, 5.74) is 1.73. The number of benzene rings is 1. The highest BCUT2D eigenvalue weighted by atomic mass is 32.1. The fraction of sp³-hybridized carbons (Fsp3) is 0.588. The molecule has 0 unspecified atom stereocenters. The average Bonchev–Trinajstić information content (AvgIpc) is 2.57. The van der Waals surface area contributed by atoms with Crippen LogP contribution < -0.4 is 19.7 Å². The average molecular weight is 354 g/mol. The van der Waals surface area contributed by atoms with Gasteiger partial charge in [-0.15, -0.1) is 0 Å². The van der Waals surface area contributed by atoms with E-state index in [0.29, 0.717) is 24.0 Å². The molecule has 2 rings (SSSR count). The summed E-state index contributed by atoms with van der Waals surface area (Å²) >= 11 is 5.50. The normalized spacial score (nSPS) is 16.8. The summed E-state index contributed by atoms with van der Waals surface area (Å²) in [6.07, 6.45) is 0.386. The zero-order valence-corrected chi connectivity index (χ0v) is 15.7. The number of hydrogen-bond acceptors (Lipinski definition) is 4. The molecule has 6 nitrogen and oxygen atoms in total. The molecule has 1 aliphatic rings. The summed E-state index contributed by atoms with van der Waals surface area (Å²) in [7, 11) is 7.51. The lowest BCUT2D eigenvalue weighted by Gasteiger charge is -2.35. The molecule has 1 atom stereocenters. The maximum atomic E-state index is 10.6. The van der Waals surface area contributed by atoms with Gasteiger partial charge in [-0.1, -0.05) is 0 Å². The third-order valence-electron chi connectivity index (χ3n) is 4.21. The van der Waals surface area contributed by atoms with Crippen LogP contribution in [0, 0.1) is 0 Å². The molecule has 1 aromatic rings. The molecule has 0 aliphatic carbocycles. The summed E-state index contributed by atoms with van der Waals surface area (Å²) in [5.74, 6) is 1.43. The highest BCUT2D eigenvalue weighted by Crippen LogP contribution is 2.39. The van der Waals surface area contributed by atoms with E-state index in [1.807, 2.05) is 17.0 Å². The van der Waals surface area contributed by atoms with Crippen LogP contribution >= 0.6 is 12.2 Å². The predicted octanol–water partition coefficient (Wildman–Crippen LogP) is -0.0381. The van der Waals surface area contributed by atoms with Crippen molar-refractivity contribution in [2.24, 2.45) is 0 Å². The highest BCUT2D eigenvalue weighted by Gasteiger charge is 2.30. The summed E-state index contributed by atoms with van der Waals surface area (Å²) in [6, 6.07) is 3.70. The summed E-state index contributed by atoms with van der Waals surface area (Å²) in [6.45, 7) is 2.96. The minimum absolute atomic E-state index is 0.446. The number of hydrogen-bond donors (Lipinski definition) is 3. The second-order valence-electron chi connectivity index (χ2n) is 6.30.